The number of rotatable bonds is 4. The molecule has 1 aromatic rings. The second-order valence-electron chi connectivity index (χ2n) is 3.31. The molecule has 82 valence electrons. The van der Waals surface area contributed by atoms with Crippen molar-refractivity contribution in [2.24, 2.45) is 0 Å². The molecule has 0 aliphatic rings. The highest BCUT2D eigenvalue weighted by molar-refractivity contribution is 5.67. The van der Waals surface area contributed by atoms with Crippen LogP contribution in [0.1, 0.15) is 17.5 Å². The normalized spacial score (nSPS) is 10.0. The number of phenolic OH excluding ortho intramolecular Hbond substituents is 1. The predicted octanol–water partition coefficient (Wildman–Crippen LogP) is 1.73. The van der Waals surface area contributed by atoms with Crippen LogP contribution in [0.3, 0.4) is 0 Å². The van der Waals surface area contributed by atoms with Gasteiger partial charge in [-0.05, 0) is 25.0 Å². The van der Waals surface area contributed by atoms with E-state index in [1.165, 1.54) is 7.11 Å². The summed E-state index contributed by atoms with van der Waals surface area (Å²) >= 11 is 0. The standard InChI is InChI=1S/C11H14O4/c1-7-3-5-9(12)11(15-2)8(7)4-6-10(13)14/h3,5,12H,4,6H2,1-2H3,(H,13,14). The van der Waals surface area contributed by atoms with Crippen LogP contribution in [-0.2, 0) is 11.2 Å². The average Bonchev–Trinajstić information content (AvgIpc) is 2.19. The molecule has 0 aliphatic carbocycles. The first kappa shape index (κ1) is 11.4. The quantitative estimate of drug-likeness (QED) is 0.794. The van der Waals surface area contributed by atoms with Crippen molar-refractivity contribution in [1.82, 2.24) is 0 Å². The van der Waals surface area contributed by atoms with Crippen LogP contribution in [0.15, 0.2) is 12.1 Å². The third kappa shape index (κ3) is 2.62. The first-order chi connectivity index (χ1) is 7.06. The summed E-state index contributed by atoms with van der Waals surface area (Å²) in [5, 5.41) is 18.1. The van der Waals surface area contributed by atoms with Crippen LogP contribution in [0.5, 0.6) is 11.5 Å². The maximum Gasteiger partial charge on any atom is 0.303 e. The van der Waals surface area contributed by atoms with E-state index >= 15 is 0 Å². The van der Waals surface area contributed by atoms with Crippen LogP contribution in [0, 0.1) is 6.92 Å². The summed E-state index contributed by atoms with van der Waals surface area (Å²) < 4.78 is 5.05. The van der Waals surface area contributed by atoms with Gasteiger partial charge in [-0.25, -0.2) is 0 Å². The zero-order chi connectivity index (χ0) is 11.4. The van der Waals surface area contributed by atoms with Gasteiger partial charge in [0.15, 0.2) is 11.5 Å². The second-order valence-corrected chi connectivity index (χ2v) is 3.31. The van der Waals surface area contributed by atoms with Gasteiger partial charge in [-0.15, -0.1) is 0 Å². The lowest BCUT2D eigenvalue weighted by Gasteiger charge is -2.12. The third-order valence-electron chi connectivity index (χ3n) is 2.27. The summed E-state index contributed by atoms with van der Waals surface area (Å²) in [6.45, 7) is 1.86. The summed E-state index contributed by atoms with van der Waals surface area (Å²) in [4.78, 5) is 10.5. The van der Waals surface area contributed by atoms with Gasteiger partial charge < -0.3 is 14.9 Å². The molecule has 0 radical (unpaired) electrons. The Morgan fingerprint density at radius 1 is 1.47 bits per heavy atom. The Bertz CT molecular complexity index is 371. The Kier molecular flexibility index (Phi) is 3.55. The van der Waals surface area contributed by atoms with Gasteiger partial charge >= 0.3 is 5.97 Å². The van der Waals surface area contributed by atoms with Gasteiger partial charge in [0.1, 0.15) is 0 Å². The largest absolute Gasteiger partial charge is 0.504 e. The first-order valence-corrected chi connectivity index (χ1v) is 4.63. The molecule has 1 aromatic carbocycles. The van der Waals surface area contributed by atoms with Gasteiger partial charge in [0.05, 0.1) is 7.11 Å². The minimum absolute atomic E-state index is 0.0284. The maximum atomic E-state index is 10.5. The molecule has 0 spiro atoms. The number of benzene rings is 1. The predicted molar refractivity (Wildman–Crippen MR) is 55.4 cm³/mol. The van der Waals surface area contributed by atoms with Gasteiger partial charge in [-0.3, -0.25) is 4.79 Å². The lowest BCUT2D eigenvalue weighted by molar-refractivity contribution is -0.136. The summed E-state index contributed by atoms with van der Waals surface area (Å²) in [6.07, 6.45) is 0.388. The minimum Gasteiger partial charge on any atom is -0.504 e. The van der Waals surface area contributed by atoms with E-state index in [4.69, 9.17) is 9.84 Å². The summed E-state index contributed by atoms with van der Waals surface area (Å²) in [6, 6.07) is 3.29. The number of carboxylic acid groups (broad SMARTS) is 1. The molecule has 0 saturated carbocycles. The summed E-state index contributed by atoms with van der Waals surface area (Å²) in [7, 11) is 1.46. The van der Waals surface area contributed by atoms with Crippen molar-refractivity contribution in [3.63, 3.8) is 0 Å². The molecule has 4 heteroatoms. The fourth-order valence-corrected chi connectivity index (χ4v) is 1.48. The SMILES string of the molecule is COc1c(O)ccc(C)c1CCC(=O)O. The lowest BCUT2D eigenvalue weighted by Crippen LogP contribution is -2.01. The van der Waals surface area contributed by atoms with Gasteiger partial charge in [0, 0.05) is 12.0 Å². The molecule has 0 aliphatic heterocycles. The van der Waals surface area contributed by atoms with Gasteiger partial charge in [-0.1, -0.05) is 6.07 Å². The highest BCUT2D eigenvalue weighted by atomic mass is 16.5. The average molecular weight is 210 g/mol. The molecule has 0 heterocycles. The number of methoxy groups -OCH3 is 1. The Morgan fingerprint density at radius 2 is 2.13 bits per heavy atom. The molecule has 2 N–H and O–H groups in total. The van der Waals surface area contributed by atoms with Gasteiger partial charge in [0.2, 0.25) is 0 Å². The number of phenols is 1. The topological polar surface area (TPSA) is 66.8 Å². The molecule has 0 amide bonds. The van der Waals surface area contributed by atoms with E-state index in [1.54, 1.807) is 12.1 Å². The molecular formula is C11H14O4. The number of hydrogen-bond acceptors (Lipinski definition) is 3. The molecule has 1 rings (SSSR count). The van der Waals surface area contributed by atoms with Crippen LogP contribution in [0.2, 0.25) is 0 Å². The zero-order valence-electron chi connectivity index (χ0n) is 8.78. The number of carbonyl (C=O) groups is 1. The van der Waals surface area contributed by atoms with E-state index in [-0.39, 0.29) is 12.2 Å². The van der Waals surface area contributed by atoms with Crippen molar-refractivity contribution in [1.29, 1.82) is 0 Å². The first-order valence-electron chi connectivity index (χ1n) is 4.63. The van der Waals surface area contributed by atoms with Crippen molar-refractivity contribution >= 4 is 5.97 Å². The molecule has 0 saturated heterocycles. The van der Waals surface area contributed by atoms with E-state index < -0.39 is 5.97 Å². The molecule has 0 aromatic heterocycles. The highest BCUT2D eigenvalue weighted by Crippen LogP contribution is 2.32. The Morgan fingerprint density at radius 3 is 2.67 bits per heavy atom. The summed E-state index contributed by atoms with van der Waals surface area (Å²) in [5.74, 6) is -0.445. The van der Waals surface area contributed by atoms with Gasteiger partial charge in [0.25, 0.3) is 0 Å². The Hall–Kier alpha value is -1.71. The van der Waals surface area contributed by atoms with Crippen molar-refractivity contribution in [2.75, 3.05) is 7.11 Å². The second kappa shape index (κ2) is 4.68. The highest BCUT2D eigenvalue weighted by Gasteiger charge is 2.12. The number of hydrogen-bond donors (Lipinski definition) is 2. The Labute approximate surface area is 88.1 Å². The minimum atomic E-state index is -0.861. The smallest absolute Gasteiger partial charge is 0.303 e. The molecular weight excluding hydrogens is 196 g/mol. The molecule has 0 bridgehead atoms. The number of aliphatic carboxylic acids is 1. The number of ether oxygens (including phenoxy) is 1. The van der Waals surface area contributed by atoms with E-state index in [2.05, 4.69) is 0 Å². The van der Waals surface area contributed by atoms with E-state index in [0.717, 1.165) is 11.1 Å². The Balaban J connectivity index is 3.02. The number of aromatic hydroxyl groups is 1. The molecule has 0 fully saturated rings. The molecule has 4 nitrogen and oxygen atoms in total. The fraction of sp³-hybridized carbons (Fsp3) is 0.364. The number of aryl methyl sites for hydroxylation is 1. The van der Waals surface area contributed by atoms with Crippen molar-refractivity contribution in [3.8, 4) is 11.5 Å². The van der Waals surface area contributed by atoms with Crippen LogP contribution in [-0.4, -0.2) is 23.3 Å². The van der Waals surface area contributed by atoms with Crippen molar-refractivity contribution in [3.05, 3.63) is 23.3 Å². The van der Waals surface area contributed by atoms with Crippen LogP contribution >= 0.6 is 0 Å². The zero-order valence-corrected chi connectivity index (χ0v) is 8.78. The van der Waals surface area contributed by atoms with Crippen LogP contribution in [0.4, 0.5) is 0 Å². The summed E-state index contributed by atoms with van der Waals surface area (Å²) in [5.41, 5.74) is 1.67. The third-order valence-corrected chi connectivity index (χ3v) is 2.27. The van der Waals surface area contributed by atoms with Crippen LogP contribution < -0.4 is 4.74 Å². The molecule has 0 unspecified atom stereocenters. The van der Waals surface area contributed by atoms with Gasteiger partial charge in [-0.2, -0.15) is 0 Å². The van der Waals surface area contributed by atoms with Crippen molar-refractivity contribution < 1.29 is 19.7 Å². The van der Waals surface area contributed by atoms with Crippen LogP contribution in [0.25, 0.3) is 0 Å². The number of carboxylic acids is 1. The van der Waals surface area contributed by atoms with E-state index in [0.29, 0.717) is 12.2 Å². The molecule has 0 atom stereocenters. The van der Waals surface area contributed by atoms with E-state index in [9.17, 15) is 9.90 Å². The van der Waals surface area contributed by atoms with Crippen molar-refractivity contribution in [2.45, 2.75) is 19.8 Å². The maximum absolute atomic E-state index is 10.5. The van der Waals surface area contributed by atoms with E-state index in [1.807, 2.05) is 6.92 Å². The lowest BCUT2D eigenvalue weighted by atomic mass is 10.0. The molecule has 15 heavy (non-hydrogen) atoms. The fourth-order valence-electron chi connectivity index (χ4n) is 1.48. The monoisotopic (exact) mass is 210 g/mol.